The second-order valence-electron chi connectivity index (χ2n) is 4.39. The maximum absolute atomic E-state index is 11.7. The van der Waals surface area contributed by atoms with Crippen LogP contribution in [0, 0.1) is 0 Å². The van der Waals surface area contributed by atoms with Gasteiger partial charge in [-0.15, -0.1) is 0 Å². The van der Waals surface area contributed by atoms with E-state index in [0.29, 0.717) is 5.13 Å². The van der Waals surface area contributed by atoms with Gasteiger partial charge in [0.15, 0.2) is 5.13 Å². The van der Waals surface area contributed by atoms with E-state index in [9.17, 15) is 4.79 Å². The van der Waals surface area contributed by atoms with E-state index >= 15 is 0 Å². The predicted molar refractivity (Wildman–Crippen MR) is 80.4 cm³/mol. The lowest BCUT2D eigenvalue weighted by Gasteiger charge is -2.04. The number of benzene rings is 1. The second kappa shape index (κ2) is 5.81. The number of thiazole rings is 1. The third kappa shape index (κ3) is 3.77. The van der Waals surface area contributed by atoms with E-state index in [1.54, 1.807) is 0 Å². The molecule has 5 nitrogen and oxygen atoms in total. The minimum absolute atomic E-state index is 0.140. The maximum Gasteiger partial charge on any atom is 0.248 e. The van der Waals surface area contributed by atoms with Crippen molar-refractivity contribution < 1.29 is 4.79 Å². The summed E-state index contributed by atoms with van der Waals surface area (Å²) < 4.78 is 0.965. The van der Waals surface area contributed by atoms with E-state index in [2.05, 4.69) is 10.3 Å². The lowest BCUT2D eigenvalue weighted by Crippen LogP contribution is -2.12. The van der Waals surface area contributed by atoms with Crippen LogP contribution in [0.25, 0.3) is 10.2 Å². The summed E-state index contributed by atoms with van der Waals surface area (Å²) in [5, 5.41) is 3.34. The Hall–Kier alpha value is -1.92. The van der Waals surface area contributed by atoms with Crippen LogP contribution < -0.4 is 11.1 Å². The number of hydrogen-bond acceptors (Lipinski definition) is 5. The number of carbonyl (C=O) groups is 1. The summed E-state index contributed by atoms with van der Waals surface area (Å²) in [7, 11) is 3.90. The van der Waals surface area contributed by atoms with E-state index in [1.165, 1.54) is 17.4 Å². The molecular formula is C13H16N4OS. The van der Waals surface area contributed by atoms with Crippen LogP contribution in [-0.4, -0.2) is 36.4 Å². The quantitative estimate of drug-likeness (QED) is 0.837. The monoisotopic (exact) mass is 276 g/mol. The summed E-state index contributed by atoms with van der Waals surface area (Å²) in [5.74, 6) is -0.140. The normalized spacial score (nSPS) is 11.5. The fourth-order valence-corrected chi connectivity index (χ4v) is 2.35. The number of amides is 1. The van der Waals surface area contributed by atoms with Crippen LogP contribution in [0.2, 0.25) is 0 Å². The second-order valence-corrected chi connectivity index (χ2v) is 5.45. The van der Waals surface area contributed by atoms with Crippen LogP contribution in [0.1, 0.15) is 0 Å². The van der Waals surface area contributed by atoms with Crippen LogP contribution in [0.5, 0.6) is 0 Å². The molecule has 1 heterocycles. The zero-order valence-corrected chi connectivity index (χ0v) is 11.7. The molecule has 0 atom stereocenters. The number of aromatic nitrogens is 1. The maximum atomic E-state index is 11.7. The molecule has 2 aromatic rings. The van der Waals surface area contributed by atoms with E-state index in [-0.39, 0.29) is 5.91 Å². The average Bonchev–Trinajstić information content (AvgIpc) is 2.67. The standard InChI is InChI=1S/C13H16N4OS/c1-17(2)7-3-4-12(18)15-9-5-6-10-11(8-9)19-13(14)16-10/h3-6,8H,7H2,1-2H3,(H2,14,16)(H,15,18)/b4-3+. The summed E-state index contributed by atoms with van der Waals surface area (Å²) in [6.07, 6.45) is 3.35. The molecule has 100 valence electrons. The zero-order valence-electron chi connectivity index (χ0n) is 10.9. The van der Waals surface area contributed by atoms with Crippen molar-refractivity contribution in [3.63, 3.8) is 0 Å². The van der Waals surface area contributed by atoms with Crippen molar-refractivity contribution in [1.29, 1.82) is 0 Å². The third-order valence-electron chi connectivity index (χ3n) is 2.41. The van der Waals surface area contributed by atoms with Crippen LogP contribution in [0.4, 0.5) is 10.8 Å². The van der Waals surface area contributed by atoms with Crippen molar-refractivity contribution in [2.45, 2.75) is 0 Å². The van der Waals surface area contributed by atoms with Gasteiger partial charge in [0.05, 0.1) is 10.2 Å². The molecule has 3 N–H and O–H groups in total. The number of likely N-dealkylation sites (N-methyl/N-ethyl adjacent to an activating group) is 1. The molecule has 0 saturated carbocycles. The van der Waals surface area contributed by atoms with Gasteiger partial charge in [-0.2, -0.15) is 0 Å². The summed E-state index contributed by atoms with van der Waals surface area (Å²) in [6, 6.07) is 5.54. The van der Waals surface area contributed by atoms with Crippen LogP contribution in [-0.2, 0) is 4.79 Å². The highest BCUT2D eigenvalue weighted by molar-refractivity contribution is 7.22. The topological polar surface area (TPSA) is 71.2 Å². The number of nitrogen functional groups attached to an aromatic ring is 1. The summed E-state index contributed by atoms with van der Waals surface area (Å²) in [5.41, 5.74) is 7.24. The van der Waals surface area contributed by atoms with Gasteiger partial charge in [0.25, 0.3) is 0 Å². The number of fused-ring (bicyclic) bond motifs is 1. The smallest absolute Gasteiger partial charge is 0.248 e. The Bertz CT molecular complexity index is 618. The van der Waals surface area contributed by atoms with Crippen molar-refractivity contribution in [1.82, 2.24) is 9.88 Å². The minimum atomic E-state index is -0.140. The van der Waals surface area contributed by atoms with Gasteiger partial charge < -0.3 is 16.0 Å². The van der Waals surface area contributed by atoms with Crippen molar-refractivity contribution >= 4 is 38.3 Å². The Labute approximate surface area is 115 Å². The molecular weight excluding hydrogens is 260 g/mol. The van der Waals surface area contributed by atoms with Gasteiger partial charge in [0.1, 0.15) is 0 Å². The largest absolute Gasteiger partial charge is 0.375 e. The van der Waals surface area contributed by atoms with Crippen LogP contribution in [0.15, 0.2) is 30.4 Å². The minimum Gasteiger partial charge on any atom is -0.375 e. The highest BCUT2D eigenvalue weighted by Crippen LogP contribution is 2.26. The molecule has 2 rings (SSSR count). The first kappa shape index (κ1) is 13.5. The van der Waals surface area contributed by atoms with Crippen molar-refractivity contribution in [3.05, 3.63) is 30.4 Å². The zero-order chi connectivity index (χ0) is 13.8. The molecule has 0 spiro atoms. The Morgan fingerprint density at radius 1 is 1.53 bits per heavy atom. The highest BCUT2D eigenvalue weighted by atomic mass is 32.1. The number of nitrogens with one attached hydrogen (secondary N) is 1. The van der Waals surface area contributed by atoms with Gasteiger partial charge in [-0.1, -0.05) is 17.4 Å². The van der Waals surface area contributed by atoms with Crippen molar-refractivity contribution in [3.8, 4) is 0 Å². The molecule has 0 aliphatic carbocycles. The first-order chi connectivity index (χ1) is 9.04. The summed E-state index contributed by atoms with van der Waals surface area (Å²) in [6.45, 7) is 0.734. The van der Waals surface area contributed by atoms with Gasteiger partial charge >= 0.3 is 0 Å². The Kier molecular flexibility index (Phi) is 4.13. The van der Waals surface area contributed by atoms with E-state index in [0.717, 1.165) is 22.4 Å². The molecule has 0 saturated heterocycles. The van der Waals surface area contributed by atoms with E-state index in [4.69, 9.17) is 5.73 Å². The van der Waals surface area contributed by atoms with E-state index in [1.807, 2.05) is 43.3 Å². The first-order valence-corrected chi connectivity index (χ1v) is 6.64. The molecule has 0 aliphatic heterocycles. The fraction of sp³-hybridized carbons (Fsp3) is 0.231. The summed E-state index contributed by atoms with van der Waals surface area (Å²) in [4.78, 5) is 17.8. The Balaban J connectivity index is 2.04. The molecule has 1 amide bonds. The highest BCUT2D eigenvalue weighted by Gasteiger charge is 2.03. The van der Waals surface area contributed by atoms with Crippen molar-refractivity contribution in [2.24, 2.45) is 0 Å². The van der Waals surface area contributed by atoms with Crippen LogP contribution >= 0.6 is 11.3 Å². The molecule has 19 heavy (non-hydrogen) atoms. The molecule has 1 aromatic heterocycles. The molecule has 6 heteroatoms. The molecule has 0 radical (unpaired) electrons. The van der Waals surface area contributed by atoms with Gasteiger partial charge in [0, 0.05) is 18.3 Å². The molecule has 0 bridgehead atoms. The lowest BCUT2D eigenvalue weighted by atomic mass is 10.3. The number of nitrogens with zero attached hydrogens (tertiary/aromatic N) is 2. The first-order valence-electron chi connectivity index (χ1n) is 5.83. The number of anilines is 2. The lowest BCUT2D eigenvalue weighted by molar-refractivity contribution is -0.111. The predicted octanol–water partition coefficient (Wildman–Crippen LogP) is 1.93. The molecule has 1 aromatic carbocycles. The van der Waals surface area contributed by atoms with E-state index < -0.39 is 0 Å². The molecule has 0 unspecified atom stereocenters. The SMILES string of the molecule is CN(C)C/C=C/C(=O)Nc1ccc2nc(N)sc2c1. The van der Waals surface area contributed by atoms with Gasteiger partial charge in [-0.25, -0.2) is 4.98 Å². The Morgan fingerprint density at radius 2 is 2.32 bits per heavy atom. The third-order valence-corrected chi connectivity index (χ3v) is 3.26. The molecule has 0 fully saturated rings. The fourth-order valence-electron chi connectivity index (χ4n) is 1.57. The van der Waals surface area contributed by atoms with Gasteiger partial charge in [-0.05, 0) is 32.3 Å². The van der Waals surface area contributed by atoms with Gasteiger partial charge in [-0.3, -0.25) is 4.79 Å². The number of nitrogens with two attached hydrogens (primary N) is 1. The van der Waals surface area contributed by atoms with Gasteiger partial charge in [0.2, 0.25) is 5.91 Å². The average molecular weight is 276 g/mol. The summed E-state index contributed by atoms with van der Waals surface area (Å²) >= 11 is 1.41. The number of rotatable bonds is 4. The number of carbonyl (C=O) groups excluding carboxylic acids is 1. The molecule has 0 aliphatic rings. The van der Waals surface area contributed by atoms with Crippen molar-refractivity contribution in [2.75, 3.05) is 31.7 Å². The van der Waals surface area contributed by atoms with Crippen LogP contribution in [0.3, 0.4) is 0 Å². The number of hydrogen-bond donors (Lipinski definition) is 2. The Morgan fingerprint density at radius 3 is 3.05 bits per heavy atom.